The molecule has 2 N–H and O–H groups in total. The summed E-state index contributed by atoms with van der Waals surface area (Å²) in [4.78, 5) is 23.6. The van der Waals surface area contributed by atoms with Crippen molar-refractivity contribution in [3.05, 3.63) is 29.9 Å². The van der Waals surface area contributed by atoms with Crippen LogP contribution in [0.2, 0.25) is 0 Å². The summed E-state index contributed by atoms with van der Waals surface area (Å²) in [6, 6.07) is 1.81. The van der Waals surface area contributed by atoms with Crippen molar-refractivity contribution in [2.75, 3.05) is 0 Å². The summed E-state index contributed by atoms with van der Waals surface area (Å²) in [5, 5.41) is 19.8. The van der Waals surface area contributed by atoms with Gasteiger partial charge in [-0.1, -0.05) is 4.68 Å². The molecule has 0 aliphatic carbocycles. The third-order valence-corrected chi connectivity index (χ3v) is 2.84. The van der Waals surface area contributed by atoms with Crippen molar-refractivity contribution in [1.82, 2.24) is 10.1 Å². The number of aromatic nitrogens is 3. The quantitative estimate of drug-likeness (QED) is 0.796. The molecule has 0 aliphatic heterocycles. The zero-order chi connectivity index (χ0) is 19.2. The Labute approximate surface area is 139 Å². The fraction of sp³-hybridized carbons (Fsp3) is 0.357. The molecule has 0 saturated carbocycles. The highest BCUT2D eigenvalue weighted by atomic mass is 19.4. The van der Waals surface area contributed by atoms with E-state index in [1.807, 2.05) is 13.8 Å². The average molecular weight is 362 g/mol. The summed E-state index contributed by atoms with van der Waals surface area (Å²) >= 11 is 0. The minimum absolute atomic E-state index is 0.0498. The lowest BCUT2D eigenvalue weighted by Gasteiger charge is -1.94. The number of nitrogens with zero attached hydrogens (tertiary/aromatic N) is 3. The van der Waals surface area contributed by atoms with Crippen LogP contribution in [0, 0.1) is 13.8 Å². The number of rotatable bonds is 4. The molecule has 2 rings (SSSR count). The van der Waals surface area contributed by atoms with Gasteiger partial charge in [-0.25, -0.2) is 9.78 Å². The van der Waals surface area contributed by atoms with Crippen LogP contribution in [0.1, 0.15) is 17.9 Å². The van der Waals surface area contributed by atoms with E-state index in [4.69, 9.17) is 19.4 Å². The van der Waals surface area contributed by atoms with Crippen LogP contribution in [0.5, 0.6) is 0 Å². The number of alkyl halides is 3. The van der Waals surface area contributed by atoms with Gasteiger partial charge in [-0.3, -0.25) is 4.79 Å². The fourth-order valence-corrected chi connectivity index (χ4v) is 1.45. The second-order valence-corrected chi connectivity index (χ2v) is 4.79. The van der Waals surface area contributed by atoms with Crippen molar-refractivity contribution >= 4 is 11.9 Å². The number of hydrogen-bond acceptors (Lipinski definition) is 5. The number of aliphatic carboxylic acids is 2. The number of oxazole rings is 1. The first kappa shape index (κ1) is 20.1. The Morgan fingerprint density at radius 3 is 2.24 bits per heavy atom. The molecule has 25 heavy (non-hydrogen) atoms. The van der Waals surface area contributed by atoms with Gasteiger partial charge in [0.15, 0.2) is 12.7 Å². The summed E-state index contributed by atoms with van der Waals surface area (Å²) in [7, 11) is 0. The Morgan fingerprint density at radius 1 is 1.28 bits per heavy atom. The number of carboxylic acids is 2. The van der Waals surface area contributed by atoms with E-state index in [1.54, 1.807) is 23.1 Å². The minimum atomic E-state index is -5.08. The number of halogens is 3. The standard InChI is InChI=1S/C12H13N3O3.C2HF3O2/c1-8-9(2)18-12(14-8)10-3-5-15(13-7-10)6-4-11(16)17;3-2(4,5)1(6)7/h3,5,7H,4,6H2,1-2H3;(H,6,7)/p+1. The van der Waals surface area contributed by atoms with Crippen molar-refractivity contribution in [1.29, 1.82) is 0 Å². The van der Waals surface area contributed by atoms with Gasteiger partial charge in [0.25, 0.3) is 0 Å². The topological polar surface area (TPSA) is 117 Å². The molecule has 0 aliphatic rings. The van der Waals surface area contributed by atoms with E-state index >= 15 is 0 Å². The van der Waals surface area contributed by atoms with Gasteiger partial charge < -0.3 is 14.6 Å². The van der Waals surface area contributed by atoms with Crippen LogP contribution in [-0.4, -0.2) is 38.4 Å². The fourth-order valence-electron chi connectivity index (χ4n) is 1.45. The van der Waals surface area contributed by atoms with Gasteiger partial charge in [0, 0.05) is 6.07 Å². The molecule has 2 heterocycles. The van der Waals surface area contributed by atoms with Gasteiger partial charge in [-0.2, -0.15) is 13.2 Å². The number of hydrogen-bond donors (Lipinski definition) is 2. The Hall–Kier alpha value is -2.98. The van der Waals surface area contributed by atoms with Crippen molar-refractivity contribution in [3.8, 4) is 11.5 Å². The summed E-state index contributed by atoms with van der Waals surface area (Å²) in [6.45, 7) is 4.08. The summed E-state index contributed by atoms with van der Waals surface area (Å²) in [6.07, 6.45) is -1.70. The van der Waals surface area contributed by atoms with Crippen LogP contribution in [-0.2, 0) is 16.1 Å². The molecule has 11 heteroatoms. The Morgan fingerprint density at radius 2 is 1.88 bits per heavy atom. The lowest BCUT2D eigenvalue weighted by Crippen LogP contribution is -2.38. The van der Waals surface area contributed by atoms with Crippen LogP contribution < -0.4 is 4.68 Å². The maximum Gasteiger partial charge on any atom is 0.490 e. The van der Waals surface area contributed by atoms with Gasteiger partial charge in [0.2, 0.25) is 5.89 Å². The first-order valence-corrected chi connectivity index (χ1v) is 6.82. The SMILES string of the molecule is Cc1nc(-c2cc[n+](CCC(=O)O)nc2)oc1C.O=C(O)C(F)(F)F. The average Bonchev–Trinajstić information content (AvgIpc) is 2.85. The van der Waals surface area contributed by atoms with Crippen molar-refractivity contribution in [2.24, 2.45) is 0 Å². The first-order valence-electron chi connectivity index (χ1n) is 6.82. The molecule has 0 saturated heterocycles. The molecular formula is C14H15F3N3O5+. The highest BCUT2D eigenvalue weighted by Crippen LogP contribution is 2.19. The third kappa shape index (κ3) is 6.57. The minimum Gasteiger partial charge on any atom is -0.481 e. The summed E-state index contributed by atoms with van der Waals surface area (Å²) in [5.41, 5.74) is 1.63. The molecule has 0 atom stereocenters. The second kappa shape index (κ2) is 8.22. The predicted molar refractivity (Wildman–Crippen MR) is 75.3 cm³/mol. The van der Waals surface area contributed by atoms with E-state index in [0.717, 1.165) is 17.0 Å². The van der Waals surface area contributed by atoms with Gasteiger partial charge in [-0.15, -0.1) is 0 Å². The molecule has 2 aromatic rings. The molecule has 0 unspecified atom stereocenters. The molecule has 0 fully saturated rings. The van der Waals surface area contributed by atoms with Crippen molar-refractivity contribution in [2.45, 2.75) is 33.0 Å². The Kier molecular flexibility index (Phi) is 6.60. The molecule has 2 aromatic heterocycles. The number of carbonyl (C=O) groups is 2. The molecule has 0 radical (unpaired) electrons. The van der Waals surface area contributed by atoms with Crippen molar-refractivity contribution < 1.29 is 42.1 Å². The lowest BCUT2D eigenvalue weighted by atomic mass is 10.3. The van der Waals surface area contributed by atoms with E-state index in [2.05, 4.69) is 10.1 Å². The highest BCUT2D eigenvalue weighted by molar-refractivity contribution is 5.73. The van der Waals surface area contributed by atoms with E-state index in [1.165, 1.54) is 0 Å². The Balaban J connectivity index is 0.000000381. The highest BCUT2D eigenvalue weighted by Gasteiger charge is 2.38. The van der Waals surface area contributed by atoms with Gasteiger partial charge in [0.05, 0.1) is 11.3 Å². The molecule has 0 amide bonds. The maximum atomic E-state index is 10.6. The molecule has 0 aromatic carbocycles. The largest absolute Gasteiger partial charge is 0.490 e. The van der Waals surface area contributed by atoms with Crippen LogP contribution in [0.25, 0.3) is 11.5 Å². The number of carboxylic acid groups (broad SMARTS) is 2. The van der Waals surface area contributed by atoms with Crippen LogP contribution >= 0.6 is 0 Å². The van der Waals surface area contributed by atoms with E-state index < -0.39 is 18.1 Å². The van der Waals surface area contributed by atoms with Gasteiger partial charge in [-0.05, 0) is 18.9 Å². The molecule has 136 valence electrons. The Bertz CT molecular complexity index is 722. The number of aryl methyl sites for hydroxylation is 3. The normalized spacial score (nSPS) is 10.8. The predicted octanol–water partition coefficient (Wildman–Crippen LogP) is 1.75. The third-order valence-electron chi connectivity index (χ3n) is 2.84. The molecule has 8 nitrogen and oxygen atoms in total. The molecule has 0 spiro atoms. The van der Waals surface area contributed by atoms with Gasteiger partial charge >= 0.3 is 18.1 Å². The zero-order valence-corrected chi connectivity index (χ0v) is 13.2. The lowest BCUT2D eigenvalue weighted by molar-refractivity contribution is -0.752. The van der Waals surface area contributed by atoms with Crippen LogP contribution in [0.3, 0.4) is 0 Å². The van der Waals surface area contributed by atoms with E-state index in [0.29, 0.717) is 12.4 Å². The zero-order valence-electron chi connectivity index (χ0n) is 13.2. The first-order chi connectivity index (χ1) is 11.5. The van der Waals surface area contributed by atoms with E-state index in [9.17, 15) is 18.0 Å². The van der Waals surface area contributed by atoms with Crippen LogP contribution in [0.4, 0.5) is 13.2 Å². The smallest absolute Gasteiger partial charge is 0.481 e. The maximum absolute atomic E-state index is 10.6. The van der Waals surface area contributed by atoms with Crippen molar-refractivity contribution in [3.63, 3.8) is 0 Å². The van der Waals surface area contributed by atoms with Gasteiger partial charge in [0.1, 0.15) is 18.4 Å². The second-order valence-electron chi connectivity index (χ2n) is 4.79. The molecule has 0 bridgehead atoms. The summed E-state index contributed by atoms with van der Waals surface area (Å²) < 4.78 is 38.8. The summed E-state index contributed by atoms with van der Waals surface area (Å²) in [5.74, 6) is -2.28. The molecular weight excluding hydrogens is 347 g/mol. The van der Waals surface area contributed by atoms with Crippen LogP contribution in [0.15, 0.2) is 22.9 Å². The monoisotopic (exact) mass is 362 g/mol. The van der Waals surface area contributed by atoms with E-state index in [-0.39, 0.29) is 6.42 Å².